The van der Waals surface area contributed by atoms with Gasteiger partial charge in [-0.3, -0.25) is 19.3 Å². The quantitative estimate of drug-likeness (QED) is 0.145. The number of amides is 1. The summed E-state index contributed by atoms with van der Waals surface area (Å²) in [5, 5.41) is 0.942. The first-order chi connectivity index (χ1) is 19.2. The minimum absolute atomic E-state index is 0.0695. The summed E-state index contributed by atoms with van der Waals surface area (Å²) in [6.07, 6.45) is 3.05. The highest BCUT2D eigenvalue weighted by atomic mass is 35.5. The first kappa shape index (κ1) is 27.9. The van der Waals surface area contributed by atoms with Crippen LogP contribution in [0.25, 0.3) is 11.0 Å². The van der Waals surface area contributed by atoms with Gasteiger partial charge in [0.05, 0.1) is 40.8 Å². The van der Waals surface area contributed by atoms with Gasteiger partial charge in [-0.05, 0) is 56.2 Å². The number of aryl methyl sites for hydroxylation is 1. The molecular weight excluding hydrogens is 552 g/mol. The normalized spacial score (nSPS) is 14.6. The van der Waals surface area contributed by atoms with E-state index in [4.69, 9.17) is 25.5 Å². The van der Waals surface area contributed by atoms with Gasteiger partial charge in [0.1, 0.15) is 5.58 Å². The Bertz CT molecular complexity index is 1680. The van der Waals surface area contributed by atoms with E-state index in [1.165, 1.54) is 17.9 Å². The second kappa shape index (κ2) is 11.4. The molecule has 4 aromatic rings. The van der Waals surface area contributed by atoms with E-state index in [1.807, 2.05) is 13.0 Å². The molecule has 1 unspecified atom stereocenters. The first-order valence-electron chi connectivity index (χ1n) is 13.2. The summed E-state index contributed by atoms with van der Waals surface area (Å²) in [4.78, 5) is 46.5. The lowest BCUT2D eigenvalue weighted by molar-refractivity contribution is 0.0969. The number of hydrogen-bond acceptors (Lipinski definition) is 8. The number of benzene rings is 2. The van der Waals surface area contributed by atoms with Gasteiger partial charge in [-0.2, -0.15) is 0 Å². The fourth-order valence-electron chi connectivity index (χ4n) is 4.89. The Hall–Kier alpha value is -3.69. The summed E-state index contributed by atoms with van der Waals surface area (Å²) in [6, 6.07) is 9.22. The van der Waals surface area contributed by atoms with Crippen molar-refractivity contribution in [1.29, 1.82) is 0 Å². The van der Waals surface area contributed by atoms with Crippen molar-refractivity contribution in [3.63, 3.8) is 0 Å². The number of nitrogens with zero attached hydrogens (tertiary/aromatic N) is 2. The van der Waals surface area contributed by atoms with E-state index in [0.29, 0.717) is 51.0 Å². The number of ketones is 1. The maximum atomic E-state index is 13.9. The molecule has 0 bridgehead atoms. The zero-order chi connectivity index (χ0) is 28.6. The van der Waals surface area contributed by atoms with Crippen LogP contribution in [0.1, 0.15) is 83.1 Å². The molecule has 2 aromatic carbocycles. The fourth-order valence-corrected chi connectivity index (χ4v) is 6.05. The number of Topliss-reactive ketones (excluding diaryl/α,β-unsaturated/α-hetero) is 1. The molecule has 3 heterocycles. The number of aromatic nitrogens is 1. The Morgan fingerprint density at radius 3 is 2.60 bits per heavy atom. The number of fused-ring (bicyclic) bond motifs is 2. The summed E-state index contributed by atoms with van der Waals surface area (Å²) in [6.45, 7) is 8.13. The molecule has 0 N–H and O–H groups in total. The molecule has 0 aliphatic carbocycles. The predicted octanol–water partition coefficient (Wildman–Crippen LogP) is 7.13. The standard InChI is InChI=1S/C30H29ClN2O6S/c1-5-7-8-13-38-22-11-9-18(14-23(22)37-6-2)25-24-26(35)20-15-19(31)10-12-21(20)39-27(24)29(36)33(25)30-32-16(3)28(40-30)17(4)34/h9-12,14-15,25H,5-8,13H2,1-4H3. The summed E-state index contributed by atoms with van der Waals surface area (Å²) in [7, 11) is 0. The smallest absolute Gasteiger partial charge is 0.297 e. The predicted molar refractivity (Wildman–Crippen MR) is 156 cm³/mol. The van der Waals surface area contributed by atoms with Crippen molar-refractivity contribution < 1.29 is 23.5 Å². The van der Waals surface area contributed by atoms with E-state index in [2.05, 4.69) is 11.9 Å². The van der Waals surface area contributed by atoms with Crippen LogP contribution in [0.2, 0.25) is 5.02 Å². The monoisotopic (exact) mass is 580 g/mol. The van der Waals surface area contributed by atoms with Crippen molar-refractivity contribution in [3.8, 4) is 11.5 Å². The van der Waals surface area contributed by atoms with Gasteiger partial charge in [0.2, 0.25) is 5.76 Å². The van der Waals surface area contributed by atoms with Gasteiger partial charge in [-0.1, -0.05) is 48.8 Å². The molecule has 10 heteroatoms. The van der Waals surface area contributed by atoms with Gasteiger partial charge >= 0.3 is 0 Å². The van der Waals surface area contributed by atoms with Crippen molar-refractivity contribution in [2.24, 2.45) is 0 Å². The van der Waals surface area contributed by atoms with Gasteiger partial charge < -0.3 is 13.9 Å². The van der Waals surface area contributed by atoms with Crippen LogP contribution in [-0.4, -0.2) is 29.9 Å². The lowest BCUT2D eigenvalue weighted by Crippen LogP contribution is -2.29. The highest BCUT2D eigenvalue weighted by molar-refractivity contribution is 7.17. The molecule has 1 aliphatic rings. The van der Waals surface area contributed by atoms with E-state index in [-0.39, 0.29) is 33.5 Å². The zero-order valence-electron chi connectivity index (χ0n) is 22.7. The van der Waals surface area contributed by atoms with Crippen molar-refractivity contribution in [2.45, 2.75) is 53.0 Å². The van der Waals surface area contributed by atoms with Crippen LogP contribution in [0.5, 0.6) is 11.5 Å². The molecule has 0 fully saturated rings. The summed E-state index contributed by atoms with van der Waals surface area (Å²) in [5.41, 5.74) is 1.20. The van der Waals surface area contributed by atoms with Crippen molar-refractivity contribution in [2.75, 3.05) is 18.1 Å². The van der Waals surface area contributed by atoms with Crippen LogP contribution in [-0.2, 0) is 0 Å². The molecule has 2 aromatic heterocycles. The van der Waals surface area contributed by atoms with Gasteiger partial charge in [0, 0.05) is 11.9 Å². The lowest BCUT2D eigenvalue weighted by Gasteiger charge is -2.23. The highest BCUT2D eigenvalue weighted by Crippen LogP contribution is 2.45. The number of thiazole rings is 1. The Labute approximate surface area is 240 Å². The van der Waals surface area contributed by atoms with Gasteiger partial charge in [-0.25, -0.2) is 4.98 Å². The molecule has 8 nitrogen and oxygen atoms in total. The number of halogens is 1. The molecule has 208 valence electrons. The first-order valence-corrected chi connectivity index (χ1v) is 14.4. The molecule has 0 spiro atoms. The maximum absolute atomic E-state index is 13.9. The number of carbonyl (C=O) groups excluding carboxylic acids is 2. The molecule has 1 amide bonds. The second-order valence-corrected chi connectivity index (χ2v) is 11.0. The van der Waals surface area contributed by atoms with E-state index >= 15 is 0 Å². The van der Waals surface area contributed by atoms with Crippen molar-refractivity contribution >= 4 is 50.7 Å². The highest BCUT2D eigenvalue weighted by Gasteiger charge is 2.45. The van der Waals surface area contributed by atoms with Crippen LogP contribution in [0.4, 0.5) is 5.13 Å². The van der Waals surface area contributed by atoms with Crippen LogP contribution in [0.3, 0.4) is 0 Å². The molecule has 5 rings (SSSR count). The molecule has 0 saturated carbocycles. The molecule has 1 aliphatic heterocycles. The van der Waals surface area contributed by atoms with Crippen LogP contribution >= 0.6 is 22.9 Å². The molecule has 40 heavy (non-hydrogen) atoms. The summed E-state index contributed by atoms with van der Waals surface area (Å²) < 4.78 is 17.9. The number of unbranched alkanes of at least 4 members (excludes halogenated alkanes) is 2. The minimum atomic E-state index is -0.874. The third kappa shape index (κ3) is 4.99. The largest absolute Gasteiger partial charge is 0.490 e. The second-order valence-electron chi connectivity index (χ2n) is 9.55. The zero-order valence-corrected chi connectivity index (χ0v) is 24.3. The SMILES string of the molecule is CCCCCOc1ccc(C2c3c(oc4ccc(Cl)cc4c3=O)C(=O)N2c2nc(C)c(C(C)=O)s2)cc1OCC. The topological polar surface area (TPSA) is 98.9 Å². The van der Waals surface area contributed by atoms with E-state index in [1.54, 1.807) is 31.2 Å². The number of hydrogen-bond donors (Lipinski definition) is 0. The van der Waals surface area contributed by atoms with E-state index in [9.17, 15) is 14.4 Å². The lowest BCUT2D eigenvalue weighted by atomic mass is 9.98. The third-order valence-corrected chi connectivity index (χ3v) is 8.22. The molecular formula is C30H29ClN2O6S. The molecule has 0 radical (unpaired) electrons. The van der Waals surface area contributed by atoms with Crippen LogP contribution < -0.4 is 19.8 Å². The average molecular weight is 581 g/mol. The Balaban J connectivity index is 1.70. The van der Waals surface area contributed by atoms with Gasteiger partial charge in [0.15, 0.2) is 27.8 Å². The Morgan fingerprint density at radius 1 is 1.10 bits per heavy atom. The number of anilines is 1. The fraction of sp³-hybridized carbons (Fsp3) is 0.333. The van der Waals surface area contributed by atoms with E-state index in [0.717, 1.165) is 30.6 Å². The third-order valence-electron chi connectivity index (χ3n) is 6.73. The van der Waals surface area contributed by atoms with E-state index < -0.39 is 11.9 Å². The summed E-state index contributed by atoms with van der Waals surface area (Å²) in [5.74, 6) is 0.347. The Morgan fingerprint density at radius 2 is 1.90 bits per heavy atom. The van der Waals surface area contributed by atoms with Crippen molar-refractivity contribution in [1.82, 2.24) is 4.98 Å². The number of rotatable bonds is 10. The Kier molecular flexibility index (Phi) is 7.96. The number of ether oxygens (including phenoxy) is 2. The van der Waals surface area contributed by atoms with Gasteiger partial charge in [-0.15, -0.1) is 0 Å². The molecule has 0 saturated heterocycles. The average Bonchev–Trinajstić information content (AvgIpc) is 3.45. The number of carbonyl (C=O) groups is 2. The summed E-state index contributed by atoms with van der Waals surface area (Å²) >= 11 is 7.31. The van der Waals surface area contributed by atoms with Crippen LogP contribution in [0, 0.1) is 6.92 Å². The maximum Gasteiger partial charge on any atom is 0.297 e. The van der Waals surface area contributed by atoms with Crippen molar-refractivity contribution in [3.05, 3.63) is 79.1 Å². The minimum Gasteiger partial charge on any atom is -0.490 e. The molecule has 1 atom stereocenters. The van der Waals surface area contributed by atoms with Crippen LogP contribution in [0.15, 0.2) is 45.6 Å². The van der Waals surface area contributed by atoms with Gasteiger partial charge in [0.25, 0.3) is 5.91 Å².